The van der Waals surface area contributed by atoms with Crippen LogP contribution in [-0.4, -0.2) is 59.7 Å². The van der Waals surface area contributed by atoms with E-state index in [1.807, 2.05) is 0 Å². The van der Waals surface area contributed by atoms with E-state index < -0.39 is 0 Å². The molecule has 0 aromatic carbocycles. The predicted octanol–water partition coefficient (Wildman–Crippen LogP) is 6.08. The SMILES string of the molecule is CCCCCCCCS(C)(CS(C)(C)C)CS(C)(C)C. The van der Waals surface area contributed by atoms with Gasteiger partial charge in [0.2, 0.25) is 0 Å². The van der Waals surface area contributed by atoms with Crippen LogP contribution < -0.4 is 0 Å². The maximum absolute atomic E-state index is 2.66. The minimum absolute atomic E-state index is 0.355. The molecule has 128 valence electrons. The second-order valence-corrected chi connectivity index (χ2v) is 22.0. The van der Waals surface area contributed by atoms with Crippen molar-refractivity contribution in [3.05, 3.63) is 0 Å². The third kappa shape index (κ3) is 12.8. The average molecular weight is 343 g/mol. The molecule has 0 saturated carbocycles. The molecule has 0 N–H and O–H groups in total. The Labute approximate surface area is 135 Å². The summed E-state index contributed by atoms with van der Waals surface area (Å²) in [6, 6.07) is 0. The second-order valence-electron chi connectivity index (χ2n) is 8.37. The topological polar surface area (TPSA) is 0 Å². The fourth-order valence-electron chi connectivity index (χ4n) is 3.09. The lowest BCUT2D eigenvalue weighted by molar-refractivity contribution is 0.626. The minimum Gasteiger partial charge on any atom is -0.242 e. The van der Waals surface area contributed by atoms with E-state index in [2.05, 4.69) is 50.7 Å². The first kappa shape index (κ1) is 21.0. The molecule has 0 rings (SSSR count). The Bertz CT molecular complexity index is 232. The highest BCUT2D eigenvalue weighted by molar-refractivity contribution is 8.54. The van der Waals surface area contributed by atoms with E-state index in [4.69, 9.17) is 0 Å². The quantitative estimate of drug-likeness (QED) is 0.399. The lowest BCUT2D eigenvalue weighted by Gasteiger charge is -2.48. The molecule has 0 aliphatic carbocycles. The first-order valence-corrected chi connectivity index (χ1v) is 16.6. The first-order chi connectivity index (χ1) is 8.97. The highest BCUT2D eigenvalue weighted by atomic mass is 32.3. The van der Waals surface area contributed by atoms with Gasteiger partial charge >= 0.3 is 0 Å². The van der Waals surface area contributed by atoms with Gasteiger partial charge in [-0.25, -0.2) is 30.1 Å². The molecular formula is C17H42S3. The van der Waals surface area contributed by atoms with E-state index in [1.54, 1.807) is 10.2 Å². The van der Waals surface area contributed by atoms with Crippen molar-refractivity contribution in [3.63, 3.8) is 0 Å². The van der Waals surface area contributed by atoms with Crippen molar-refractivity contribution in [3.8, 4) is 0 Å². The lowest BCUT2D eigenvalue weighted by Crippen LogP contribution is -2.19. The summed E-state index contributed by atoms with van der Waals surface area (Å²) in [7, 11) is -1.08. The van der Waals surface area contributed by atoms with Gasteiger partial charge in [-0.1, -0.05) is 39.0 Å². The molecule has 0 aromatic heterocycles. The van der Waals surface area contributed by atoms with Gasteiger partial charge in [0.25, 0.3) is 0 Å². The summed E-state index contributed by atoms with van der Waals surface area (Å²) in [4.78, 5) is 0. The van der Waals surface area contributed by atoms with Crippen LogP contribution in [0.4, 0.5) is 0 Å². The Balaban J connectivity index is 4.32. The largest absolute Gasteiger partial charge is 0.242 e. The molecule has 0 heterocycles. The monoisotopic (exact) mass is 342 g/mol. The Kier molecular flexibility index (Phi) is 9.73. The summed E-state index contributed by atoms with van der Waals surface area (Å²) in [6.45, 7) is 2.30. The maximum atomic E-state index is 2.66. The zero-order valence-corrected chi connectivity index (χ0v) is 18.0. The number of hydrogen-bond acceptors (Lipinski definition) is 0. The highest BCUT2D eigenvalue weighted by Gasteiger charge is 2.26. The van der Waals surface area contributed by atoms with Crippen LogP contribution in [0.1, 0.15) is 45.4 Å². The normalized spacial score (nSPS) is 16.2. The Morgan fingerprint density at radius 1 is 0.550 bits per heavy atom. The van der Waals surface area contributed by atoms with Crippen molar-refractivity contribution < 1.29 is 0 Å². The van der Waals surface area contributed by atoms with Crippen LogP contribution in [0.5, 0.6) is 0 Å². The summed E-state index contributed by atoms with van der Waals surface area (Å²) in [5, 5.41) is 3.08. The van der Waals surface area contributed by atoms with Crippen LogP contribution in [-0.2, 0) is 0 Å². The molecule has 0 fully saturated rings. The Morgan fingerprint density at radius 2 is 0.950 bits per heavy atom. The Hall–Kier alpha value is 1.05. The van der Waals surface area contributed by atoms with Crippen LogP contribution in [0.3, 0.4) is 0 Å². The molecule has 3 heteroatoms. The fourth-order valence-corrected chi connectivity index (χ4v) is 19.5. The van der Waals surface area contributed by atoms with Crippen LogP contribution in [0.15, 0.2) is 0 Å². The molecule has 0 saturated heterocycles. The first-order valence-electron chi connectivity index (χ1n) is 8.01. The summed E-state index contributed by atoms with van der Waals surface area (Å²) in [5.41, 5.74) is 0. The standard InChI is InChI=1S/C17H42S3/c1-9-10-11-12-13-14-15-20(8,16-18(2,3)4)17-19(5,6)7/h9-17H2,1-8H3. The third-order valence-corrected chi connectivity index (χ3v) is 14.8. The molecule has 0 bridgehead atoms. The summed E-state index contributed by atoms with van der Waals surface area (Å²) < 4.78 is 0. The minimum atomic E-state index is -0.373. The molecule has 0 aliphatic rings. The van der Waals surface area contributed by atoms with Gasteiger partial charge in [0.15, 0.2) is 0 Å². The number of hydrogen-bond donors (Lipinski definition) is 0. The average Bonchev–Trinajstić information content (AvgIpc) is 2.17. The van der Waals surface area contributed by atoms with Crippen molar-refractivity contribution in [2.45, 2.75) is 45.4 Å². The van der Waals surface area contributed by atoms with E-state index in [1.165, 1.54) is 44.3 Å². The van der Waals surface area contributed by atoms with Gasteiger partial charge in [-0.3, -0.25) is 0 Å². The van der Waals surface area contributed by atoms with E-state index in [-0.39, 0.29) is 30.1 Å². The van der Waals surface area contributed by atoms with Gasteiger partial charge in [0.05, 0.1) is 0 Å². The van der Waals surface area contributed by atoms with Gasteiger partial charge in [-0.2, -0.15) is 0 Å². The molecule has 0 aromatic rings. The molecular weight excluding hydrogens is 300 g/mol. The summed E-state index contributed by atoms with van der Waals surface area (Å²) in [6.07, 6.45) is 26.4. The second kappa shape index (κ2) is 9.25. The zero-order valence-electron chi connectivity index (χ0n) is 15.6. The van der Waals surface area contributed by atoms with Crippen LogP contribution in [0.25, 0.3) is 0 Å². The predicted molar refractivity (Wildman–Crippen MR) is 112 cm³/mol. The molecule has 0 nitrogen and oxygen atoms in total. The summed E-state index contributed by atoms with van der Waals surface area (Å²) >= 11 is 0. The zero-order chi connectivity index (χ0) is 15.9. The molecule has 0 radical (unpaired) electrons. The third-order valence-electron chi connectivity index (χ3n) is 3.27. The Morgan fingerprint density at radius 3 is 1.35 bits per heavy atom. The molecule has 20 heavy (non-hydrogen) atoms. The fraction of sp³-hybridized carbons (Fsp3) is 1.00. The van der Waals surface area contributed by atoms with Crippen molar-refractivity contribution in [2.75, 3.05) is 59.7 Å². The van der Waals surface area contributed by atoms with E-state index >= 15 is 0 Å². The molecule has 0 amide bonds. The van der Waals surface area contributed by atoms with Gasteiger partial charge in [0, 0.05) is 10.2 Å². The molecule has 0 aliphatic heterocycles. The smallest absolute Gasteiger partial charge is 0.00745 e. The van der Waals surface area contributed by atoms with Crippen LogP contribution >= 0.6 is 30.1 Å². The maximum Gasteiger partial charge on any atom is 0.00745 e. The molecule has 0 atom stereocenters. The van der Waals surface area contributed by atoms with Crippen molar-refractivity contribution in [1.82, 2.24) is 0 Å². The van der Waals surface area contributed by atoms with E-state index in [0.29, 0.717) is 0 Å². The van der Waals surface area contributed by atoms with Gasteiger partial charge < -0.3 is 0 Å². The van der Waals surface area contributed by atoms with Crippen molar-refractivity contribution in [2.24, 2.45) is 0 Å². The van der Waals surface area contributed by atoms with Crippen molar-refractivity contribution >= 4 is 30.1 Å². The van der Waals surface area contributed by atoms with E-state index in [0.717, 1.165) is 0 Å². The van der Waals surface area contributed by atoms with Gasteiger partial charge in [-0.15, -0.1) is 0 Å². The number of unbranched alkanes of at least 4 members (excludes halogenated alkanes) is 5. The van der Waals surface area contributed by atoms with Gasteiger partial charge in [0.1, 0.15) is 0 Å². The summed E-state index contributed by atoms with van der Waals surface area (Å²) in [5.74, 6) is 1.54. The highest BCUT2D eigenvalue weighted by Crippen LogP contribution is 2.62. The van der Waals surface area contributed by atoms with Crippen LogP contribution in [0.2, 0.25) is 0 Å². The van der Waals surface area contributed by atoms with Crippen LogP contribution in [0, 0.1) is 0 Å². The molecule has 0 unspecified atom stereocenters. The van der Waals surface area contributed by atoms with Gasteiger partial charge in [-0.05, 0) is 56.0 Å². The van der Waals surface area contributed by atoms with E-state index in [9.17, 15) is 0 Å². The van der Waals surface area contributed by atoms with Crippen molar-refractivity contribution in [1.29, 1.82) is 0 Å². The molecule has 0 spiro atoms. The lowest BCUT2D eigenvalue weighted by atomic mass is 10.1. The number of rotatable bonds is 11.